The summed E-state index contributed by atoms with van der Waals surface area (Å²) >= 11 is 0. The highest BCUT2D eigenvalue weighted by molar-refractivity contribution is 7.89. The van der Waals surface area contributed by atoms with Crippen molar-refractivity contribution in [3.63, 3.8) is 0 Å². The second kappa shape index (κ2) is 8.74. The van der Waals surface area contributed by atoms with Crippen molar-refractivity contribution in [3.05, 3.63) is 66.4 Å². The number of para-hydroxylation sites is 2. The number of sulfonamides is 1. The fourth-order valence-electron chi connectivity index (χ4n) is 3.86. The topological polar surface area (TPSA) is 82.6 Å². The number of pyridine rings is 1. The number of hydrogen-bond acceptors (Lipinski definition) is 5. The third-order valence-electron chi connectivity index (χ3n) is 5.67. The minimum atomic E-state index is -3.68. The lowest BCUT2D eigenvalue weighted by atomic mass is 10.2. The highest BCUT2D eigenvalue weighted by Crippen LogP contribution is 2.26. The average Bonchev–Trinajstić information content (AvgIpc) is 2.78. The van der Waals surface area contributed by atoms with Crippen molar-refractivity contribution in [2.45, 2.75) is 24.8 Å². The second-order valence-electron chi connectivity index (χ2n) is 7.81. The van der Waals surface area contributed by atoms with Gasteiger partial charge in [-0.2, -0.15) is 4.31 Å². The first kappa shape index (κ1) is 21.4. The summed E-state index contributed by atoms with van der Waals surface area (Å²) in [6.45, 7) is 5.40. The summed E-state index contributed by atoms with van der Waals surface area (Å²) < 4.78 is 28.1. The molecule has 3 aromatic rings. The Morgan fingerprint density at radius 1 is 1.03 bits per heavy atom. The van der Waals surface area contributed by atoms with Crippen LogP contribution in [-0.4, -0.2) is 60.7 Å². The van der Waals surface area contributed by atoms with E-state index in [1.165, 1.54) is 4.31 Å². The molecule has 1 N–H and O–H groups in total. The van der Waals surface area contributed by atoms with Gasteiger partial charge in [0.2, 0.25) is 15.9 Å². The molecule has 1 saturated heterocycles. The van der Waals surface area contributed by atoms with Gasteiger partial charge in [0.1, 0.15) is 4.90 Å². The summed E-state index contributed by atoms with van der Waals surface area (Å²) in [5.74, 6) is -0.101. The van der Waals surface area contributed by atoms with Gasteiger partial charge in [0.15, 0.2) is 0 Å². The summed E-state index contributed by atoms with van der Waals surface area (Å²) in [6.07, 6.45) is 1.69. The van der Waals surface area contributed by atoms with Crippen LogP contribution in [0.4, 0.5) is 5.69 Å². The summed E-state index contributed by atoms with van der Waals surface area (Å²) in [7, 11) is -3.68. The highest BCUT2D eigenvalue weighted by Gasteiger charge is 2.33. The smallest absolute Gasteiger partial charge is 0.245 e. The van der Waals surface area contributed by atoms with E-state index in [1.54, 1.807) is 18.3 Å². The lowest BCUT2D eigenvalue weighted by molar-refractivity contribution is -0.121. The molecule has 162 valence electrons. The molecule has 2 heterocycles. The maximum absolute atomic E-state index is 13.3. The lowest BCUT2D eigenvalue weighted by Gasteiger charge is -2.36. The first-order valence-electron chi connectivity index (χ1n) is 10.3. The first-order valence-corrected chi connectivity index (χ1v) is 11.8. The Kier molecular flexibility index (Phi) is 6.04. The van der Waals surface area contributed by atoms with Gasteiger partial charge in [-0.25, -0.2) is 8.42 Å². The molecule has 0 radical (unpaired) electrons. The van der Waals surface area contributed by atoms with Crippen LogP contribution in [0.2, 0.25) is 0 Å². The molecule has 0 spiro atoms. The van der Waals surface area contributed by atoms with Gasteiger partial charge >= 0.3 is 0 Å². The lowest BCUT2D eigenvalue weighted by Crippen LogP contribution is -2.53. The van der Waals surface area contributed by atoms with E-state index in [9.17, 15) is 13.2 Å². The third-order valence-corrected chi connectivity index (χ3v) is 7.60. The molecule has 31 heavy (non-hydrogen) atoms. The molecule has 1 aliphatic heterocycles. The Labute approximate surface area is 182 Å². The zero-order valence-electron chi connectivity index (χ0n) is 17.7. The Hall–Kier alpha value is -2.81. The van der Waals surface area contributed by atoms with Crippen LogP contribution in [0.5, 0.6) is 0 Å². The minimum absolute atomic E-state index is 0.101. The van der Waals surface area contributed by atoms with Crippen LogP contribution in [0.25, 0.3) is 10.9 Å². The van der Waals surface area contributed by atoms with Gasteiger partial charge in [-0.15, -0.1) is 0 Å². The van der Waals surface area contributed by atoms with Crippen LogP contribution < -0.4 is 5.32 Å². The molecule has 1 unspecified atom stereocenters. The number of fused-ring (bicyclic) bond motifs is 1. The second-order valence-corrected chi connectivity index (χ2v) is 9.72. The normalized spacial score (nSPS) is 16.8. The van der Waals surface area contributed by atoms with Crippen molar-refractivity contribution in [1.82, 2.24) is 14.2 Å². The van der Waals surface area contributed by atoms with E-state index >= 15 is 0 Å². The molecule has 1 fully saturated rings. The Morgan fingerprint density at radius 2 is 1.74 bits per heavy atom. The molecule has 2 aromatic carbocycles. The number of carbonyl (C=O) groups is 1. The maximum atomic E-state index is 13.3. The number of amides is 1. The fourth-order valence-corrected chi connectivity index (χ4v) is 5.44. The molecule has 8 heteroatoms. The van der Waals surface area contributed by atoms with Crippen molar-refractivity contribution in [3.8, 4) is 0 Å². The van der Waals surface area contributed by atoms with Gasteiger partial charge in [-0.1, -0.05) is 30.3 Å². The van der Waals surface area contributed by atoms with Crippen LogP contribution in [0.1, 0.15) is 12.5 Å². The first-order chi connectivity index (χ1) is 14.9. The predicted octanol–water partition coefficient (Wildman–Crippen LogP) is 2.88. The fraction of sp³-hybridized carbons (Fsp3) is 0.304. The van der Waals surface area contributed by atoms with Crippen molar-refractivity contribution >= 4 is 32.5 Å². The number of nitrogens with zero attached hydrogens (tertiary/aromatic N) is 3. The molecule has 1 aliphatic rings. The highest BCUT2D eigenvalue weighted by atomic mass is 32.2. The average molecular weight is 439 g/mol. The van der Waals surface area contributed by atoms with E-state index in [0.717, 1.165) is 16.6 Å². The van der Waals surface area contributed by atoms with Crippen molar-refractivity contribution in [2.75, 3.05) is 31.5 Å². The van der Waals surface area contributed by atoms with E-state index in [0.29, 0.717) is 31.7 Å². The quantitative estimate of drug-likeness (QED) is 0.662. The van der Waals surface area contributed by atoms with Crippen LogP contribution in [0.15, 0.2) is 65.7 Å². The Morgan fingerprint density at radius 3 is 2.45 bits per heavy atom. The Balaban J connectivity index is 1.45. The molecule has 0 saturated carbocycles. The zero-order valence-corrected chi connectivity index (χ0v) is 18.5. The Bertz CT molecular complexity index is 1190. The number of benzene rings is 2. The van der Waals surface area contributed by atoms with E-state index in [4.69, 9.17) is 0 Å². The molecule has 1 atom stereocenters. The van der Waals surface area contributed by atoms with Gasteiger partial charge in [0, 0.05) is 43.4 Å². The van der Waals surface area contributed by atoms with Crippen molar-refractivity contribution in [1.29, 1.82) is 0 Å². The van der Waals surface area contributed by atoms with Gasteiger partial charge in [-0.3, -0.25) is 14.7 Å². The molecule has 0 bridgehead atoms. The van der Waals surface area contributed by atoms with E-state index in [2.05, 4.69) is 10.3 Å². The number of hydrogen-bond donors (Lipinski definition) is 1. The zero-order chi connectivity index (χ0) is 22.0. The number of aromatic nitrogens is 1. The van der Waals surface area contributed by atoms with E-state index < -0.39 is 10.0 Å². The predicted molar refractivity (Wildman–Crippen MR) is 121 cm³/mol. The molecule has 1 aromatic heterocycles. The summed E-state index contributed by atoms with van der Waals surface area (Å²) in [4.78, 5) is 19.2. The third kappa shape index (κ3) is 4.46. The summed E-state index contributed by atoms with van der Waals surface area (Å²) in [5, 5.41) is 3.72. The molecular formula is C23H26N4O3S. The molecular weight excluding hydrogens is 412 g/mol. The number of anilines is 1. The van der Waals surface area contributed by atoms with Crippen molar-refractivity contribution in [2.24, 2.45) is 0 Å². The van der Waals surface area contributed by atoms with Crippen molar-refractivity contribution < 1.29 is 13.2 Å². The molecule has 0 aliphatic carbocycles. The molecule has 4 rings (SSSR count). The summed E-state index contributed by atoms with van der Waals surface area (Å²) in [6, 6.07) is 16.1. The number of rotatable bonds is 5. The monoisotopic (exact) mass is 438 g/mol. The van der Waals surface area contributed by atoms with Gasteiger partial charge in [0.25, 0.3) is 0 Å². The maximum Gasteiger partial charge on any atom is 0.245 e. The van der Waals surface area contributed by atoms with Crippen LogP contribution in [-0.2, 0) is 14.8 Å². The molecule has 7 nitrogen and oxygen atoms in total. The SMILES string of the molecule is Cc1cnc2c(S(=O)(=O)N3CCN(C(C)C(=O)Nc4ccccc4)CC3)cccc2c1. The van der Waals surface area contributed by atoms with Gasteiger partial charge < -0.3 is 5.32 Å². The number of carbonyl (C=O) groups excluding carboxylic acids is 1. The van der Waals surface area contributed by atoms with E-state index in [1.807, 2.05) is 61.2 Å². The number of piperazine rings is 1. The van der Waals surface area contributed by atoms with Crippen LogP contribution in [0, 0.1) is 6.92 Å². The van der Waals surface area contributed by atoms with Gasteiger partial charge in [0.05, 0.1) is 11.6 Å². The van der Waals surface area contributed by atoms with Crippen LogP contribution in [0.3, 0.4) is 0 Å². The minimum Gasteiger partial charge on any atom is -0.325 e. The van der Waals surface area contributed by atoms with Crippen LogP contribution >= 0.6 is 0 Å². The largest absolute Gasteiger partial charge is 0.325 e. The summed E-state index contributed by atoms with van der Waals surface area (Å²) in [5.41, 5.74) is 2.23. The standard InChI is InChI=1S/C23H26N4O3S/c1-17-15-19-7-6-10-21(22(19)24-16-17)31(29,30)27-13-11-26(12-14-27)18(2)23(28)25-20-8-4-3-5-9-20/h3-10,15-16,18H,11-14H2,1-2H3,(H,25,28). The number of nitrogens with one attached hydrogen (secondary N) is 1. The van der Waals surface area contributed by atoms with E-state index in [-0.39, 0.29) is 16.8 Å². The molecule has 1 amide bonds. The number of aryl methyl sites for hydroxylation is 1. The van der Waals surface area contributed by atoms with Gasteiger partial charge in [-0.05, 0) is 43.7 Å².